The van der Waals surface area contributed by atoms with E-state index in [-0.39, 0.29) is 5.69 Å². The van der Waals surface area contributed by atoms with E-state index in [9.17, 15) is 9.59 Å². The zero-order valence-corrected chi connectivity index (χ0v) is 10.2. The Bertz CT molecular complexity index is 572. The molecule has 0 spiro atoms. The van der Waals surface area contributed by atoms with Crippen LogP contribution in [0.15, 0.2) is 31.2 Å². The lowest BCUT2D eigenvalue weighted by Gasteiger charge is -2.15. The fraction of sp³-hybridized carbons (Fsp3) is 0.200. The van der Waals surface area contributed by atoms with E-state index < -0.39 is 24.5 Å². The van der Waals surface area contributed by atoms with Crippen molar-refractivity contribution in [2.45, 2.75) is 6.04 Å². The SMILES string of the molecule is O=C(N[C@@H](CO)C(=O)Nn1cnnc1)c1cnccn1. The maximum absolute atomic E-state index is 11.8. The van der Waals surface area contributed by atoms with Crippen LogP contribution in [0.4, 0.5) is 0 Å². The number of carbonyl (C=O) groups excluding carboxylic acids is 2. The van der Waals surface area contributed by atoms with Gasteiger partial charge >= 0.3 is 0 Å². The van der Waals surface area contributed by atoms with Crippen LogP contribution in [0.5, 0.6) is 0 Å². The second-order valence-electron chi connectivity index (χ2n) is 3.64. The Morgan fingerprint density at radius 2 is 2.05 bits per heavy atom. The second kappa shape index (κ2) is 6.33. The quantitative estimate of drug-likeness (QED) is 0.571. The molecular formula is C10H11N7O3. The number of aliphatic hydroxyl groups excluding tert-OH is 1. The number of aromatic nitrogens is 5. The molecule has 0 aliphatic rings. The number of amides is 2. The summed E-state index contributed by atoms with van der Waals surface area (Å²) in [6.45, 7) is -0.569. The maximum atomic E-state index is 11.8. The Balaban J connectivity index is 1.98. The van der Waals surface area contributed by atoms with Crippen molar-refractivity contribution in [2.75, 3.05) is 12.0 Å². The minimum absolute atomic E-state index is 0.0445. The number of rotatable bonds is 5. The lowest BCUT2D eigenvalue weighted by atomic mass is 10.3. The molecule has 2 aromatic rings. The number of nitrogens with one attached hydrogen (secondary N) is 2. The third-order valence-corrected chi connectivity index (χ3v) is 2.26. The highest BCUT2D eigenvalue weighted by molar-refractivity contribution is 5.97. The van der Waals surface area contributed by atoms with Crippen LogP contribution in [-0.4, -0.2) is 54.4 Å². The summed E-state index contributed by atoms with van der Waals surface area (Å²) in [7, 11) is 0. The molecule has 1 atom stereocenters. The van der Waals surface area contributed by atoms with E-state index in [4.69, 9.17) is 5.11 Å². The zero-order valence-electron chi connectivity index (χ0n) is 10.2. The first kappa shape index (κ1) is 13.5. The molecule has 0 fully saturated rings. The van der Waals surface area contributed by atoms with E-state index in [1.807, 2.05) is 0 Å². The average molecular weight is 277 g/mol. The van der Waals surface area contributed by atoms with Crippen molar-refractivity contribution in [3.8, 4) is 0 Å². The molecule has 0 saturated heterocycles. The summed E-state index contributed by atoms with van der Waals surface area (Å²) < 4.78 is 1.19. The van der Waals surface area contributed by atoms with Gasteiger partial charge in [0, 0.05) is 12.4 Å². The van der Waals surface area contributed by atoms with E-state index >= 15 is 0 Å². The van der Waals surface area contributed by atoms with Gasteiger partial charge in [0.1, 0.15) is 24.4 Å². The topological polar surface area (TPSA) is 135 Å². The van der Waals surface area contributed by atoms with Gasteiger partial charge in [-0.15, -0.1) is 10.2 Å². The summed E-state index contributed by atoms with van der Waals surface area (Å²) in [5.74, 6) is -1.24. The summed E-state index contributed by atoms with van der Waals surface area (Å²) in [4.78, 5) is 31.1. The monoisotopic (exact) mass is 277 g/mol. The molecule has 10 nitrogen and oxygen atoms in total. The molecule has 2 heterocycles. The highest BCUT2D eigenvalue weighted by atomic mass is 16.3. The van der Waals surface area contributed by atoms with Gasteiger partial charge in [-0.3, -0.25) is 20.0 Å². The van der Waals surface area contributed by atoms with Crippen molar-refractivity contribution in [3.63, 3.8) is 0 Å². The smallest absolute Gasteiger partial charge is 0.272 e. The normalized spacial score (nSPS) is 11.7. The summed E-state index contributed by atoms with van der Waals surface area (Å²) in [5, 5.41) is 18.5. The fourth-order valence-corrected chi connectivity index (χ4v) is 1.31. The molecule has 0 aliphatic carbocycles. The first-order chi connectivity index (χ1) is 9.70. The number of aliphatic hydroxyl groups is 1. The van der Waals surface area contributed by atoms with Crippen LogP contribution < -0.4 is 10.7 Å². The molecule has 3 N–H and O–H groups in total. The Morgan fingerprint density at radius 1 is 1.30 bits per heavy atom. The van der Waals surface area contributed by atoms with Crippen molar-refractivity contribution < 1.29 is 14.7 Å². The molecule has 2 amide bonds. The second-order valence-corrected chi connectivity index (χ2v) is 3.64. The maximum Gasteiger partial charge on any atom is 0.272 e. The molecule has 20 heavy (non-hydrogen) atoms. The number of nitrogens with zero attached hydrogens (tertiary/aromatic N) is 5. The predicted molar refractivity (Wildman–Crippen MR) is 64.8 cm³/mol. The van der Waals surface area contributed by atoms with E-state index in [0.29, 0.717) is 0 Å². The summed E-state index contributed by atoms with van der Waals surface area (Å²) in [6, 6.07) is -1.13. The summed E-state index contributed by atoms with van der Waals surface area (Å²) >= 11 is 0. The summed E-state index contributed by atoms with van der Waals surface area (Å²) in [5.41, 5.74) is 2.42. The van der Waals surface area contributed by atoms with Crippen molar-refractivity contribution in [3.05, 3.63) is 36.9 Å². The first-order valence-corrected chi connectivity index (χ1v) is 5.54. The average Bonchev–Trinajstić information content (AvgIpc) is 2.98. The number of hydrogen-bond acceptors (Lipinski definition) is 7. The van der Waals surface area contributed by atoms with Gasteiger partial charge in [-0.05, 0) is 0 Å². The first-order valence-electron chi connectivity index (χ1n) is 5.54. The van der Waals surface area contributed by atoms with Gasteiger partial charge in [-0.25, -0.2) is 9.66 Å². The van der Waals surface area contributed by atoms with Crippen molar-refractivity contribution in [1.82, 2.24) is 30.2 Å². The van der Waals surface area contributed by atoms with Gasteiger partial charge in [0.05, 0.1) is 12.8 Å². The molecular weight excluding hydrogens is 266 g/mol. The number of carbonyl (C=O) groups is 2. The lowest BCUT2D eigenvalue weighted by Crippen LogP contribution is -2.48. The molecule has 0 saturated carbocycles. The molecule has 0 radical (unpaired) electrons. The van der Waals surface area contributed by atoms with Gasteiger partial charge in [-0.2, -0.15) is 0 Å². The third kappa shape index (κ3) is 3.32. The minimum atomic E-state index is -1.13. The minimum Gasteiger partial charge on any atom is -0.394 e. The Labute approximate surface area is 112 Å². The van der Waals surface area contributed by atoms with Crippen molar-refractivity contribution in [1.29, 1.82) is 0 Å². The lowest BCUT2D eigenvalue weighted by molar-refractivity contribution is -0.119. The van der Waals surface area contributed by atoms with Crippen LogP contribution in [0.25, 0.3) is 0 Å². The third-order valence-electron chi connectivity index (χ3n) is 2.26. The molecule has 0 bridgehead atoms. The highest BCUT2D eigenvalue weighted by Gasteiger charge is 2.21. The van der Waals surface area contributed by atoms with E-state index in [2.05, 4.69) is 30.9 Å². The molecule has 0 unspecified atom stereocenters. The molecule has 0 aromatic carbocycles. The predicted octanol–water partition coefficient (Wildman–Crippen LogP) is -2.07. The van der Waals surface area contributed by atoms with Gasteiger partial charge in [-0.1, -0.05) is 0 Å². The molecule has 0 aliphatic heterocycles. The van der Waals surface area contributed by atoms with E-state index in [0.717, 1.165) is 0 Å². The Hall–Kier alpha value is -2.88. The largest absolute Gasteiger partial charge is 0.394 e. The highest BCUT2D eigenvalue weighted by Crippen LogP contribution is 1.93. The van der Waals surface area contributed by atoms with Crippen molar-refractivity contribution in [2.24, 2.45) is 0 Å². The van der Waals surface area contributed by atoms with Crippen LogP contribution in [0.2, 0.25) is 0 Å². The molecule has 10 heteroatoms. The van der Waals surface area contributed by atoms with Gasteiger partial charge in [0.15, 0.2) is 0 Å². The Morgan fingerprint density at radius 3 is 2.65 bits per heavy atom. The standard InChI is InChI=1S/C10H11N7O3/c18-4-8(10(20)16-17-5-13-14-6-17)15-9(19)7-3-11-1-2-12-7/h1-3,5-6,8,18H,4H2,(H,15,19)(H,16,20)/t8-/m0/s1. The molecule has 2 aromatic heterocycles. The van der Waals surface area contributed by atoms with Gasteiger partial charge in [0.2, 0.25) is 0 Å². The van der Waals surface area contributed by atoms with Gasteiger partial charge in [0.25, 0.3) is 11.8 Å². The van der Waals surface area contributed by atoms with E-state index in [1.165, 1.54) is 35.9 Å². The Kier molecular flexibility index (Phi) is 4.29. The van der Waals surface area contributed by atoms with Crippen LogP contribution >= 0.6 is 0 Å². The number of hydrogen-bond donors (Lipinski definition) is 3. The van der Waals surface area contributed by atoms with Crippen LogP contribution in [0.3, 0.4) is 0 Å². The summed E-state index contributed by atoms with van der Waals surface area (Å²) in [6.07, 6.45) is 6.54. The molecule has 2 rings (SSSR count). The fourth-order valence-electron chi connectivity index (χ4n) is 1.31. The molecule has 104 valence electrons. The van der Waals surface area contributed by atoms with Crippen LogP contribution in [0, 0.1) is 0 Å². The van der Waals surface area contributed by atoms with Crippen LogP contribution in [0.1, 0.15) is 10.5 Å². The van der Waals surface area contributed by atoms with E-state index in [1.54, 1.807) is 0 Å². The van der Waals surface area contributed by atoms with Crippen LogP contribution in [-0.2, 0) is 4.79 Å². The van der Waals surface area contributed by atoms with Crippen molar-refractivity contribution >= 4 is 11.8 Å². The zero-order chi connectivity index (χ0) is 14.4. The van der Waals surface area contributed by atoms with Gasteiger partial charge < -0.3 is 10.4 Å².